The summed E-state index contributed by atoms with van der Waals surface area (Å²) in [6.07, 6.45) is 0. The van der Waals surface area contributed by atoms with Gasteiger partial charge in [-0.1, -0.05) is 12.1 Å². The number of aryl methyl sites for hydroxylation is 1. The van der Waals surface area contributed by atoms with Crippen LogP contribution in [-0.4, -0.2) is 58.1 Å². The van der Waals surface area contributed by atoms with Crippen LogP contribution in [0.2, 0.25) is 0 Å². The van der Waals surface area contributed by atoms with Crippen LogP contribution in [0.4, 0.5) is 0 Å². The lowest BCUT2D eigenvalue weighted by molar-refractivity contribution is 0.0730. The Balaban J connectivity index is 1.57. The largest absolute Gasteiger partial charge is 0.486 e. The molecule has 2 aliphatic rings. The van der Waals surface area contributed by atoms with Gasteiger partial charge in [-0.15, -0.1) is 0 Å². The molecule has 0 aliphatic carbocycles. The number of benzene rings is 2. The Morgan fingerprint density at radius 2 is 1.66 bits per heavy atom. The van der Waals surface area contributed by atoms with Gasteiger partial charge in [0.2, 0.25) is 10.0 Å². The first-order valence-corrected chi connectivity index (χ1v) is 12.0. The van der Waals surface area contributed by atoms with Crippen LogP contribution >= 0.6 is 0 Å². The molecule has 0 unspecified atom stereocenters. The monoisotopic (exact) mass is 460 g/mol. The van der Waals surface area contributed by atoms with Gasteiger partial charge >= 0.3 is 0 Å². The maximum Gasteiger partial charge on any atom is 0.251 e. The number of amides is 1. The van der Waals surface area contributed by atoms with Crippen LogP contribution in [0.1, 0.15) is 35.3 Å². The minimum atomic E-state index is -3.71. The van der Waals surface area contributed by atoms with Crippen molar-refractivity contribution in [3.05, 3.63) is 53.1 Å². The van der Waals surface area contributed by atoms with E-state index in [1.54, 1.807) is 19.1 Å². The average Bonchev–Trinajstić information content (AvgIpc) is 2.79. The molecule has 4 rings (SSSR count). The Kier molecular flexibility index (Phi) is 6.15. The zero-order valence-electron chi connectivity index (χ0n) is 18.5. The molecule has 2 heterocycles. The van der Waals surface area contributed by atoms with E-state index in [0.29, 0.717) is 56.6 Å². The zero-order valence-corrected chi connectivity index (χ0v) is 19.3. The predicted octanol–water partition coefficient (Wildman–Crippen LogP) is 2.45. The van der Waals surface area contributed by atoms with Crippen LogP contribution in [0.25, 0.3) is 0 Å². The summed E-state index contributed by atoms with van der Waals surface area (Å²) in [7, 11) is -3.71. The van der Waals surface area contributed by atoms with Crippen LogP contribution in [-0.2, 0) is 20.3 Å². The highest BCUT2D eigenvalue weighted by Crippen LogP contribution is 2.34. The van der Waals surface area contributed by atoms with Crippen LogP contribution in [0.3, 0.4) is 0 Å². The summed E-state index contributed by atoms with van der Waals surface area (Å²) in [6.45, 7) is 7.82. The second-order valence-electron chi connectivity index (χ2n) is 8.43. The number of carbonyl (C=O) groups is 1. The number of rotatable bonds is 5. The molecule has 2 aromatic carbocycles. The van der Waals surface area contributed by atoms with E-state index in [4.69, 9.17) is 14.2 Å². The summed E-state index contributed by atoms with van der Waals surface area (Å²) in [5.41, 5.74) is 1.01. The second kappa shape index (κ2) is 8.73. The van der Waals surface area contributed by atoms with Crippen molar-refractivity contribution in [2.45, 2.75) is 31.2 Å². The number of carbonyl (C=O) groups excluding carboxylic acids is 1. The Morgan fingerprint density at radius 1 is 0.969 bits per heavy atom. The third-order valence-corrected chi connectivity index (χ3v) is 7.77. The minimum absolute atomic E-state index is 0.143. The number of nitrogens with one attached hydrogen (secondary N) is 1. The first-order chi connectivity index (χ1) is 15.2. The molecule has 0 aromatic heterocycles. The van der Waals surface area contributed by atoms with Crippen molar-refractivity contribution in [3.63, 3.8) is 0 Å². The molecule has 1 saturated heterocycles. The molecule has 2 aliphatic heterocycles. The summed E-state index contributed by atoms with van der Waals surface area (Å²) in [5.74, 6) is 0.965. The third kappa shape index (κ3) is 4.46. The topological polar surface area (TPSA) is 94.2 Å². The second-order valence-corrected chi connectivity index (χ2v) is 10.3. The number of nitrogens with zero attached hydrogens (tertiary/aromatic N) is 1. The fourth-order valence-electron chi connectivity index (χ4n) is 3.81. The number of fused-ring (bicyclic) bond motifs is 1. The maximum absolute atomic E-state index is 13.1. The number of morpholine rings is 1. The molecule has 2 aromatic rings. The van der Waals surface area contributed by atoms with Crippen molar-refractivity contribution in [1.29, 1.82) is 0 Å². The van der Waals surface area contributed by atoms with E-state index in [1.807, 2.05) is 32.0 Å². The average molecular weight is 461 g/mol. The smallest absolute Gasteiger partial charge is 0.251 e. The lowest BCUT2D eigenvalue weighted by Crippen LogP contribution is -2.42. The lowest BCUT2D eigenvalue weighted by Gasteiger charge is -2.29. The summed E-state index contributed by atoms with van der Waals surface area (Å²) >= 11 is 0. The molecule has 1 N–H and O–H groups in total. The van der Waals surface area contributed by atoms with Gasteiger partial charge in [0.1, 0.15) is 13.2 Å². The fraction of sp³-hybridized carbons (Fsp3) is 0.435. The highest BCUT2D eigenvalue weighted by atomic mass is 32.2. The van der Waals surface area contributed by atoms with Crippen molar-refractivity contribution in [3.8, 4) is 11.5 Å². The molecule has 172 valence electrons. The summed E-state index contributed by atoms with van der Waals surface area (Å²) < 4.78 is 44.2. The molecule has 0 spiro atoms. The zero-order chi connectivity index (χ0) is 22.9. The van der Waals surface area contributed by atoms with Gasteiger partial charge in [0.25, 0.3) is 5.91 Å². The van der Waals surface area contributed by atoms with E-state index in [9.17, 15) is 13.2 Å². The van der Waals surface area contributed by atoms with Gasteiger partial charge in [0, 0.05) is 18.7 Å². The van der Waals surface area contributed by atoms with Crippen LogP contribution in [0.15, 0.2) is 41.3 Å². The molecule has 0 bridgehead atoms. The summed E-state index contributed by atoms with van der Waals surface area (Å²) in [6, 6.07) is 10.3. The molecular formula is C23H28N2O6S. The molecular weight excluding hydrogens is 432 g/mol. The van der Waals surface area contributed by atoms with Crippen molar-refractivity contribution in [1.82, 2.24) is 9.62 Å². The van der Waals surface area contributed by atoms with Crippen LogP contribution in [0, 0.1) is 6.92 Å². The molecule has 8 nitrogen and oxygen atoms in total. The van der Waals surface area contributed by atoms with Crippen molar-refractivity contribution in [2.75, 3.05) is 39.5 Å². The Morgan fingerprint density at radius 3 is 2.38 bits per heavy atom. The molecule has 9 heteroatoms. The SMILES string of the molecule is Cc1ccc(C(=O)NC(C)(C)c2ccc3c(c2)OCCO3)cc1S(=O)(=O)N1CCOCC1. The number of hydrogen-bond acceptors (Lipinski definition) is 6. The van der Waals surface area contributed by atoms with E-state index in [2.05, 4.69) is 5.32 Å². The number of hydrogen-bond donors (Lipinski definition) is 1. The minimum Gasteiger partial charge on any atom is -0.486 e. The Bertz CT molecular complexity index is 1120. The summed E-state index contributed by atoms with van der Waals surface area (Å²) in [4.78, 5) is 13.2. The van der Waals surface area contributed by atoms with Gasteiger partial charge in [0.15, 0.2) is 11.5 Å². The highest BCUT2D eigenvalue weighted by molar-refractivity contribution is 7.89. The quantitative estimate of drug-likeness (QED) is 0.737. The first-order valence-electron chi connectivity index (χ1n) is 10.6. The van der Waals surface area contributed by atoms with Crippen LogP contribution in [0.5, 0.6) is 11.5 Å². The lowest BCUT2D eigenvalue weighted by atomic mass is 9.93. The molecule has 1 amide bonds. The standard InChI is InChI=1S/C23H28N2O6S/c1-16-4-5-17(14-21(16)32(27,28)25-8-10-29-11-9-25)22(26)24-23(2,3)18-6-7-19-20(15-18)31-13-12-30-19/h4-7,14-15H,8-13H2,1-3H3,(H,24,26). The van der Waals surface area contributed by atoms with E-state index < -0.39 is 15.6 Å². The van der Waals surface area contributed by atoms with Crippen molar-refractivity contribution < 1.29 is 27.4 Å². The van der Waals surface area contributed by atoms with Gasteiger partial charge in [-0.05, 0) is 56.2 Å². The van der Waals surface area contributed by atoms with Gasteiger partial charge in [-0.3, -0.25) is 4.79 Å². The Labute approximate surface area is 188 Å². The highest BCUT2D eigenvalue weighted by Gasteiger charge is 2.30. The fourth-order valence-corrected chi connectivity index (χ4v) is 5.46. The molecule has 0 radical (unpaired) electrons. The molecule has 1 fully saturated rings. The third-order valence-electron chi connectivity index (χ3n) is 5.73. The van der Waals surface area contributed by atoms with Crippen LogP contribution < -0.4 is 14.8 Å². The van der Waals surface area contributed by atoms with E-state index in [-0.39, 0.29) is 16.4 Å². The van der Waals surface area contributed by atoms with Gasteiger partial charge < -0.3 is 19.5 Å². The Hall–Kier alpha value is -2.62. The van der Waals surface area contributed by atoms with E-state index in [0.717, 1.165) is 5.56 Å². The molecule has 32 heavy (non-hydrogen) atoms. The maximum atomic E-state index is 13.1. The molecule has 0 saturated carbocycles. The van der Waals surface area contributed by atoms with Gasteiger partial charge in [0.05, 0.1) is 23.6 Å². The van der Waals surface area contributed by atoms with Gasteiger partial charge in [-0.2, -0.15) is 4.31 Å². The number of ether oxygens (including phenoxy) is 3. The predicted molar refractivity (Wildman–Crippen MR) is 119 cm³/mol. The van der Waals surface area contributed by atoms with E-state index >= 15 is 0 Å². The van der Waals surface area contributed by atoms with Gasteiger partial charge in [-0.25, -0.2) is 8.42 Å². The molecule has 0 atom stereocenters. The summed E-state index contributed by atoms with van der Waals surface area (Å²) in [5, 5.41) is 3.01. The first kappa shape index (κ1) is 22.6. The van der Waals surface area contributed by atoms with Crippen molar-refractivity contribution in [2.24, 2.45) is 0 Å². The number of sulfonamides is 1. The van der Waals surface area contributed by atoms with Crippen molar-refractivity contribution >= 4 is 15.9 Å². The normalized spacial score (nSPS) is 17.1. The van der Waals surface area contributed by atoms with E-state index in [1.165, 1.54) is 10.4 Å².